The molecule has 0 aliphatic heterocycles. The molecule has 21 heavy (non-hydrogen) atoms. The molecule has 0 aromatic carbocycles. The van der Waals surface area contributed by atoms with E-state index in [0.717, 1.165) is 29.2 Å². The van der Waals surface area contributed by atoms with Gasteiger partial charge in [0.15, 0.2) is 0 Å². The number of rotatable bonds is 5. The predicted molar refractivity (Wildman–Crippen MR) is 93.0 cm³/mol. The molecule has 0 saturated heterocycles. The Labute approximate surface area is 133 Å². The van der Waals surface area contributed by atoms with E-state index in [-0.39, 0.29) is 5.54 Å². The Balaban J connectivity index is 2.25. The highest BCUT2D eigenvalue weighted by Gasteiger charge is 2.36. The standard InChI is InChI=1S/C16H26N4S/c1-11-9-12(2)19-15(13(11)14(17)21)18-10-16(20(3)4)7-5-6-8-16/h9H,5-8,10H2,1-4H3,(H2,17,21)(H,18,19). The monoisotopic (exact) mass is 306 g/mol. The van der Waals surface area contributed by atoms with Crippen molar-refractivity contribution < 1.29 is 0 Å². The van der Waals surface area contributed by atoms with Gasteiger partial charge in [-0.05, 0) is 52.4 Å². The smallest absolute Gasteiger partial charge is 0.136 e. The molecular weight excluding hydrogens is 280 g/mol. The number of nitrogens with two attached hydrogens (primary N) is 1. The molecule has 4 nitrogen and oxygen atoms in total. The van der Waals surface area contributed by atoms with Crippen LogP contribution >= 0.6 is 12.2 Å². The topological polar surface area (TPSA) is 54.2 Å². The first-order valence-corrected chi connectivity index (χ1v) is 7.96. The maximum Gasteiger partial charge on any atom is 0.136 e. The van der Waals surface area contributed by atoms with Gasteiger partial charge in [-0.25, -0.2) is 4.98 Å². The molecule has 1 aromatic heterocycles. The van der Waals surface area contributed by atoms with Crippen molar-refractivity contribution in [3.63, 3.8) is 0 Å². The molecule has 0 radical (unpaired) electrons. The van der Waals surface area contributed by atoms with Crippen LogP contribution in [0.15, 0.2) is 6.07 Å². The van der Waals surface area contributed by atoms with E-state index >= 15 is 0 Å². The number of aromatic nitrogens is 1. The average Bonchev–Trinajstić information content (AvgIpc) is 2.85. The summed E-state index contributed by atoms with van der Waals surface area (Å²) in [5, 5.41) is 3.52. The normalized spacial score (nSPS) is 17.2. The zero-order valence-electron chi connectivity index (χ0n) is 13.5. The second-order valence-electron chi connectivity index (χ2n) is 6.35. The molecule has 5 heteroatoms. The Kier molecular flexibility index (Phi) is 4.84. The Morgan fingerprint density at radius 2 is 2.00 bits per heavy atom. The molecule has 0 amide bonds. The van der Waals surface area contributed by atoms with Crippen molar-refractivity contribution in [1.82, 2.24) is 9.88 Å². The summed E-state index contributed by atoms with van der Waals surface area (Å²) in [4.78, 5) is 7.36. The van der Waals surface area contributed by atoms with Crippen LogP contribution in [0.3, 0.4) is 0 Å². The van der Waals surface area contributed by atoms with E-state index in [1.807, 2.05) is 19.9 Å². The van der Waals surface area contributed by atoms with Gasteiger partial charge in [-0.2, -0.15) is 0 Å². The average molecular weight is 306 g/mol. The summed E-state index contributed by atoms with van der Waals surface area (Å²) in [6.07, 6.45) is 5.03. The summed E-state index contributed by atoms with van der Waals surface area (Å²) in [7, 11) is 4.33. The number of hydrogen-bond donors (Lipinski definition) is 2. The van der Waals surface area contributed by atoms with Crippen LogP contribution in [0.5, 0.6) is 0 Å². The molecule has 1 saturated carbocycles. The van der Waals surface area contributed by atoms with Crippen molar-refractivity contribution in [2.24, 2.45) is 5.73 Å². The molecule has 1 aliphatic carbocycles. The number of nitrogens with zero attached hydrogens (tertiary/aromatic N) is 2. The van der Waals surface area contributed by atoms with Gasteiger partial charge in [0.2, 0.25) is 0 Å². The summed E-state index contributed by atoms with van der Waals surface area (Å²) < 4.78 is 0. The van der Waals surface area contributed by atoms with Crippen LogP contribution in [-0.4, -0.2) is 41.1 Å². The number of aryl methyl sites for hydroxylation is 2. The quantitative estimate of drug-likeness (QED) is 0.819. The zero-order chi connectivity index (χ0) is 15.6. The fourth-order valence-corrected chi connectivity index (χ4v) is 3.60. The van der Waals surface area contributed by atoms with Gasteiger partial charge in [0.05, 0.1) is 5.56 Å². The summed E-state index contributed by atoms with van der Waals surface area (Å²) in [5.74, 6) is 0.827. The lowest BCUT2D eigenvalue weighted by molar-refractivity contribution is 0.172. The molecule has 3 N–H and O–H groups in total. The Morgan fingerprint density at radius 1 is 1.38 bits per heavy atom. The first-order valence-electron chi connectivity index (χ1n) is 7.55. The van der Waals surface area contributed by atoms with Crippen molar-refractivity contribution in [2.75, 3.05) is 26.0 Å². The number of thiocarbonyl (C=S) groups is 1. The van der Waals surface area contributed by atoms with Crippen molar-refractivity contribution in [3.8, 4) is 0 Å². The maximum atomic E-state index is 5.88. The van der Waals surface area contributed by atoms with E-state index in [0.29, 0.717) is 4.99 Å². The van der Waals surface area contributed by atoms with Gasteiger partial charge < -0.3 is 16.0 Å². The number of likely N-dealkylation sites (N-methyl/N-ethyl adjacent to an activating group) is 1. The summed E-state index contributed by atoms with van der Waals surface area (Å²) in [6, 6.07) is 2.02. The second-order valence-corrected chi connectivity index (χ2v) is 6.79. The molecule has 2 rings (SSSR count). The fraction of sp³-hybridized carbons (Fsp3) is 0.625. The van der Waals surface area contributed by atoms with Crippen LogP contribution in [-0.2, 0) is 0 Å². The van der Waals surface area contributed by atoms with Gasteiger partial charge >= 0.3 is 0 Å². The van der Waals surface area contributed by atoms with Gasteiger partial charge in [-0.1, -0.05) is 25.1 Å². The lowest BCUT2D eigenvalue weighted by atomic mass is 9.96. The Morgan fingerprint density at radius 3 is 2.52 bits per heavy atom. The lowest BCUT2D eigenvalue weighted by Crippen LogP contribution is -2.47. The highest BCUT2D eigenvalue weighted by Crippen LogP contribution is 2.34. The largest absolute Gasteiger partial charge is 0.389 e. The lowest BCUT2D eigenvalue weighted by Gasteiger charge is -2.37. The molecule has 1 fully saturated rings. The molecule has 0 atom stereocenters. The second kappa shape index (κ2) is 6.28. The summed E-state index contributed by atoms with van der Waals surface area (Å²) in [5.41, 5.74) is 9.05. The number of nitrogens with one attached hydrogen (secondary N) is 1. The van der Waals surface area contributed by atoms with Gasteiger partial charge in [0, 0.05) is 17.8 Å². The SMILES string of the molecule is Cc1cc(C)c(C(N)=S)c(NCC2(N(C)C)CCCC2)n1. The van der Waals surface area contributed by atoms with Crippen molar-refractivity contribution in [3.05, 3.63) is 22.9 Å². The summed E-state index contributed by atoms with van der Waals surface area (Å²) >= 11 is 5.20. The van der Waals surface area contributed by atoms with Crippen LogP contribution in [0.25, 0.3) is 0 Å². The minimum absolute atomic E-state index is 0.215. The molecule has 1 heterocycles. The van der Waals surface area contributed by atoms with Gasteiger partial charge in [-0.15, -0.1) is 0 Å². The third-order valence-electron chi connectivity index (χ3n) is 4.66. The first-order chi connectivity index (χ1) is 9.85. The van der Waals surface area contributed by atoms with E-state index < -0.39 is 0 Å². The minimum Gasteiger partial charge on any atom is -0.389 e. The number of pyridine rings is 1. The molecule has 116 valence electrons. The van der Waals surface area contributed by atoms with Crippen molar-refractivity contribution in [2.45, 2.75) is 45.1 Å². The summed E-state index contributed by atoms with van der Waals surface area (Å²) in [6.45, 7) is 4.91. The van der Waals surface area contributed by atoms with E-state index in [9.17, 15) is 0 Å². The van der Waals surface area contributed by atoms with Crippen molar-refractivity contribution in [1.29, 1.82) is 0 Å². The molecule has 1 aromatic rings. The molecular formula is C16H26N4S. The Bertz CT molecular complexity index is 533. The zero-order valence-corrected chi connectivity index (χ0v) is 14.3. The van der Waals surface area contributed by atoms with Gasteiger partial charge in [0.25, 0.3) is 0 Å². The van der Waals surface area contributed by atoms with Gasteiger partial charge in [-0.3, -0.25) is 0 Å². The van der Waals surface area contributed by atoms with Crippen LogP contribution in [0.4, 0.5) is 5.82 Å². The Hall–Kier alpha value is -1.20. The first kappa shape index (κ1) is 16.2. The maximum absolute atomic E-state index is 5.88. The van der Waals surface area contributed by atoms with Crippen LogP contribution < -0.4 is 11.1 Å². The highest BCUT2D eigenvalue weighted by atomic mass is 32.1. The van der Waals surface area contributed by atoms with Crippen LogP contribution in [0, 0.1) is 13.8 Å². The van der Waals surface area contributed by atoms with E-state index in [4.69, 9.17) is 18.0 Å². The van der Waals surface area contributed by atoms with Crippen molar-refractivity contribution >= 4 is 23.0 Å². The fourth-order valence-electron chi connectivity index (χ4n) is 3.34. The van der Waals surface area contributed by atoms with Crippen LogP contribution in [0.2, 0.25) is 0 Å². The number of hydrogen-bond acceptors (Lipinski definition) is 4. The molecule has 0 bridgehead atoms. The molecule has 0 unspecified atom stereocenters. The third-order valence-corrected chi connectivity index (χ3v) is 4.86. The molecule has 0 spiro atoms. The van der Waals surface area contributed by atoms with E-state index in [2.05, 4.69) is 29.3 Å². The van der Waals surface area contributed by atoms with Crippen LogP contribution in [0.1, 0.15) is 42.5 Å². The number of anilines is 1. The minimum atomic E-state index is 0.215. The van der Waals surface area contributed by atoms with E-state index in [1.165, 1.54) is 25.7 Å². The molecule has 1 aliphatic rings. The van der Waals surface area contributed by atoms with E-state index in [1.54, 1.807) is 0 Å². The third kappa shape index (κ3) is 3.35. The van der Waals surface area contributed by atoms with Gasteiger partial charge in [0.1, 0.15) is 10.8 Å². The predicted octanol–water partition coefficient (Wildman–Crippen LogP) is 2.62. The highest BCUT2D eigenvalue weighted by molar-refractivity contribution is 7.80.